The molecule has 0 bridgehead atoms. The van der Waals surface area contributed by atoms with Gasteiger partial charge in [0.2, 0.25) is 5.82 Å². The van der Waals surface area contributed by atoms with Crippen LogP contribution in [-0.4, -0.2) is 47.3 Å². The molecule has 0 amide bonds. The average molecular weight is 532 g/mol. The number of para-hydroxylation sites is 1. The maximum Gasteiger partial charge on any atom is 0.295 e. The number of tetrazole rings is 1. The zero-order chi connectivity index (χ0) is 27.7. The van der Waals surface area contributed by atoms with Gasteiger partial charge in [0.25, 0.3) is 6.43 Å². The minimum atomic E-state index is -2.83. The van der Waals surface area contributed by atoms with Crippen molar-refractivity contribution in [3.63, 3.8) is 0 Å². The first-order valence-electron chi connectivity index (χ1n) is 11.8. The number of aromatic amines is 1. The minimum Gasteiger partial charge on any atom is -0.494 e. The summed E-state index contributed by atoms with van der Waals surface area (Å²) >= 11 is 0. The summed E-state index contributed by atoms with van der Waals surface area (Å²) in [6.45, 7) is 3.95. The van der Waals surface area contributed by atoms with Crippen molar-refractivity contribution in [3.05, 3.63) is 53.5 Å². The fraction of sp³-hybridized carbons (Fsp3) is 0.240. The number of ether oxygens (including phenoxy) is 1. The van der Waals surface area contributed by atoms with Crippen molar-refractivity contribution in [2.45, 2.75) is 26.2 Å². The fourth-order valence-corrected chi connectivity index (χ4v) is 4.07. The maximum absolute atomic E-state index is 13.5. The molecule has 5 rings (SSSR count). The number of hydrogen-bond acceptors (Lipinski definition) is 10. The van der Waals surface area contributed by atoms with E-state index >= 15 is 0 Å². The van der Waals surface area contributed by atoms with E-state index in [1.165, 1.54) is 11.9 Å². The van der Waals surface area contributed by atoms with Crippen molar-refractivity contribution >= 4 is 34.2 Å². The number of rotatable bonds is 8. The van der Waals surface area contributed by atoms with Gasteiger partial charge in [-0.1, -0.05) is 26.0 Å². The second kappa shape index (κ2) is 10.3. The van der Waals surface area contributed by atoms with Crippen LogP contribution in [0.2, 0.25) is 0 Å². The molecule has 0 aliphatic heterocycles. The largest absolute Gasteiger partial charge is 0.494 e. The van der Waals surface area contributed by atoms with Crippen LogP contribution in [0.25, 0.3) is 22.6 Å². The third-order valence-electron chi connectivity index (χ3n) is 5.83. The Balaban J connectivity index is 1.58. The molecule has 0 atom stereocenters. The molecular weight excluding hydrogens is 508 g/mol. The van der Waals surface area contributed by atoms with Crippen LogP contribution in [0.4, 0.5) is 31.8 Å². The Morgan fingerprint density at radius 1 is 1.05 bits per heavy atom. The first kappa shape index (κ1) is 25.5. The molecular formula is C25H23F2N11O. The van der Waals surface area contributed by atoms with Gasteiger partial charge >= 0.3 is 0 Å². The zero-order valence-corrected chi connectivity index (χ0v) is 21.4. The lowest BCUT2D eigenvalue weighted by Gasteiger charge is -2.15. The van der Waals surface area contributed by atoms with E-state index in [9.17, 15) is 14.0 Å². The molecule has 0 radical (unpaired) electrons. The van der Waals surface area contributed by atoms with Crippen LogP contribution in [0.3, 0.4) is 0 Å². The number of halogens is 2. The zero-order valence-electron chi connectivity index (χ0n) is 21.4. The Kier molecular flexibility index (Phi) is 6.72. The summed E-state index contributed by atoms with van der Waals surface area (Å²) in [7, 11) is 3.15. The van der Waals surface area contributed by atoms with Crippen LogP contribution in [-0.2, 0) is 7.05 Å². The molecule has 198 valence electrons. The van der Waals surface area contributed by atoms with Crippen molar-refractivity contribution in [1.82, 2.24) is 40.1 Å². The molecule has 0 saturated carbocycles. The Morgan fingerprint density at radius 3 is 2.54 bits per heavy atom. The molecule has 12 nitrogen and oxygen atoms in total. The van der Waals surface area contributed by atoms with E-state index in [-0.39, 0.29) is 28.6 Å². The predicted octanol–water partition coefficient (Wildman–Crippen LogP) is 4.97. The van der Waals surface area contributed by atoms with E-state index in [0.717, 1.165) is 5.56 Å². The van der Waals surface area contributed by atoms with E-state index in [1.807, 2.05) is 19.9 Å². The molecule has 0 aliphatic rings. The summed E-state index contributed by atoms with van der Waals surface area (Å²) in [6.07, 6.45) is -2.83. The number of nitrogens with one attached hydrogen (secondary N) is 3. The van der Waals surface area contributed by atoms with Crippen molar-refractivity contribution in [1.29, 1.82) is 5.26 Å². The third-order valence-corrected chi connectivity index (χ3v) is 5.83. The highest BCUT2D eigenvalue weighted by Gasteiger charge is 2.20. The number of methoxy groups -OCH3 is 1. The molecule has 0 fully saturated rings. The van der Waals surface area contributed by atoms with Crippen LogP contribution in [0.1, 0.15) is 43.3 Å². The summed E-state index contributed by atoms with van der Waals surface area (Å²) in [5, 5.41) is 28.0. The Bertz CT molecular complexity index is 1700. The number of aryl methyl sites for hydroxylation is 1. The lowest BCUT2D eigenvalue weighted by molar-refractivity contribution is 0.142. The SMILES string of the molecule is COc1c(Nc2cc(Nc3ccc(C(C)C)c(C#N)n3)nc3[nH]c(C(F)F)nc23)cccc1-c1nnn(C)n1. The number of anilines is 4. The van der Waals surface area contributed by atoms with Crippen LogP contribution >= 0.6 is 0 Å². The van der Waals surface area contributed by atoms with Gasteiger partial charge < -0.3 is 20.4 Å². The van der Waals surface area contributed by atoms with E-state index < -0.39 is 12.2 Å². The highest BCUT2D eigenvalue weighted by atomic mass is 19.3. The number of alkyl halides is 2. The molecule has 4 aromatic heterocycles. The monoisotopic (exact) mass is 531 g/mol. The van der Waals surface area contributed by atoms with E-state index in [1.54, 1.807) is 37.4 Å². The van der Waals surface area contributed by atoms with E-state index in [2.05, 4.69) is 52.0 Å². The second-order valence-electron chi connectivity index (χ2n) is 8.81. The Hall–Kier alpha value is -5.19. The van der Waals surface area contributed by atoms with Gasteiger partial charge in [0.1, 0.15) is 28.9 Å². The quantitative estimate of drug-likeness (QED) is 0.250. The summed E-state index contributed by atoms with van der Waals surface area (Å²) in [6, 6.07) is 12.6. The normalized spacial score (nSPS) is 11.3. The summed E-state index contributed by atoms with van der Waals surface area (Å²) < 4.78 is 32.7. The van der Waals surface area contributed by atoms with Gasteiger partial charge in [0.05, 0.1) is 31.1 Å². The Morgan fingerprint density at radius 2 is 1.87 bits per heavy atom. The van der Waals surface area contributed by atoms with Crippen LogP contribution < -0.4 is 15.4 Å². The number of nitrogens with zero attached hydrogens (tertiary/aromatic N) is 8. The van der Waals surface area contributed by atoms with Crippen LogP contribution in [0.15, 0.2) is 36.4 Å². The Labute approximate surface area is 221 Å². The van der Waals surface area contributed by atoms with E-state index in [0.29, 0.717) is 34.3 Å². The summed E-state index contributed by atoms with van der Waals surface area (Å²) in [5.41, 5.74) is 2.88. The number of hydrogen-bond donors (Lipinski definition) is 3. The lowest BCUT2D eigenvalue weighted by Crippen LogP contribution is -2.03. The molecule has 39 heavy (non-hydrogen) atoms. The fourth-order valence-electron chi connectivity index (χ4n) is 4.07. The van der Waals surface area contributed by atoms with Crippen molar-refractivity contribution in [3.8, 4) is 23.2 Å². The van der Waals surface area contributed by atoms with Crippen molar-refractivity contribution < 1.29 is 13.5 Å². The highest BCUT2D eigenvalue weighted by molar-refractivity contribution is 5.92. The first-order chi connectivity index (χ1) is 18.8. The van der Waals surface area contributed by atoms with Gasteiger partial charge in [-0.3, -0.25) is 0 Å². The minimum absolute atomic E-state index is 0.118. The first-order valence-corrected chi connectivity index (χ1v) is 11.8. The molecule has 0 spiro atoms. The molecule has 4 heterocycles. The third kappa shape index (κ3) is 5.01. The lowest BCUT2D eigenvalue weighted by atomic mass is 10.0. The number of benzene rings is 1. The molecule has 3 N–H and O–H groups in total. The number of fused-ring (bicyclic) bond motifs is 1. The van der Waals surface area contributed by atoms with E-state index in [4.69, 9.17) is 4.74 Å². The van der Waals surface area contributed by atoms with Crippen LogP contribution in [0.5, 0.6) is 5.75 Å². The second-order valence-corrected chi connectivity index (χ2v) is 8.81. The molecule has 1 aromatic carbocycles. The van der Waals surface area contributed by atoms with Gasteiger partial charge in [-0.15, -0.1) is 10.2 Å². The van der Waals surface area contributed by atoms with Gasteiger partial charge in [-0.2, -0.15) is 10.1 Å². The predicted molar refractivity (Wildman–Crippen MR) is 139 cm³/mol. The van der Waals surface area contributed by atoms with Crippen LogP contribution in [0, 0.1) is 11.3 Å². The topological polar surface area (TPSA) is 155 Å². The van der Waals surface area contributed by atoms with Gasteiger partial charge in [0.15, 0.2) is 17.2 Å². The standard InChI is InChI=1S/C25H23F2N11O/c1-12(2)13-8-9-18(30-17(13)11-28)31-19-10-16(20-24(32-19)34-25(33-20)22(26)27)29-15-7-5-6-14(21(15)39-4)23-35-37-38(3)36-23/h5-10,12,22H,1-4H3,(H3,29,30,31,32,33,34). The summed E-state index contributed by atoms with van der Waals surface area (Å²) in [4.78, 5) is 16.8. The number of aromatic nitrogens is 8. The molecule has 5 aromatic rings. The number of pyridine rings is 2. The smallest absolute Gasteiger partial charge is 0.295 e. The number of nitriles is 1. The number of imidazole rings is 1. The highest BCUT2D eigenvalue weighted by Crippen LogP contribution is 2.38. The van der Waals surface area contributed by atoms with Gasteiger partial charge in [-0.25, -0.2) is 23.7 Å². The van der Waals surface area contributed by atoms with Crippen molar-refractivity contribution in [2.75, 3.05) is 17.7 Å². The molecule has 0 saturated heterocycles. The molecule has 14 heteroatoms. The molecule has 0 aliphatic carbocycles. The number of H-pyrrole nitrogens is 1. The van der Waals surface area contributed by atoms with Crippen molar-refractivity contribution in [2.24, 2.45) is 7.05 Å². The van der Waals surface area contributed by atoms with Gasteiger partial charge in [-0.05, 0) is 34.9 Å². The average Bonchev–Trinajstić information content (AvgIpc) is 3.55. The maximum atomic E-state index is 13.5. The van der Waals surface area contributed by atoms with Gasteiger partial charge in [0, 0.05) is 6.07 Å². The molecule has 0 unspecified atom stereocenters. The summed E-state index contributed by atoms with van der Waals surface area (Å²) in [5.74, 6) is 1.02.